The van der Waals surface area contributed by atoms with Gasteiger partial charge in [-0.15, -0.1) is 0 Å². The Bertz CT molecular complexity index is 8.92. The number of rotatable bonds is 0. The van der Waals surface area contributed by atoms with E-state index in [0.29, 0.717) is 0 Å². The van der Waals surface area contributed by atoms with E-state index in [2.05, 4.69) is 13.8 Å². The van der Waals surface area contributed by atoms with E-state index in [1.807, 2.05) is 0 Å². The molecule has 0 atom stereocenters. The molecule has 0 saturated heterocycles. The lowest BCUT2D eigenvalue weighted by Crippen LogP contribution is -1.27. The molecule has 0 bridgehead atoms. The maximum absolute atomic E-state index is 2.12. The molecule has 0 spiro atoms. The minimum absolute atomic E-state index is 0. The molecule has 5 heteroatoms. The first kappa shape index (κ1) is 72.7. The molecule has 0 heterocycles. The molecule has 0 aliphatic rings. The predicted octanol–water partition coefficient (Wildman–Crippen LogP) is 2.62. The van der Waals surface area contributed by atoms with Crippen LogP contribution in [0, 0.1) is 0 Å². The molecule has 0 radical (unpaired) electrons. The van der Waals surface area contributed by atoms with Crippen molar-refractivity contribution in [3.05, 3.63) is 0 Å². The lowest BCUT2D eigenvalue weighted by molar-refractivity contribution is 1.09. The molecule has 0 unspecified atom stereocenters. The van der Waals surface area contributed by atoms with Gasteiger partial charge >= 0.3 is 0 Å². The highest BCUT2D eigenvalue weighted by Gasteiger charge is 1.35. The van der Waals surface area contributed by atoms with Gasteiger partial charge in [0.25, 0.3) is 0 Å². The minimum Gasteiger partial charge on any atom is -0.197 e. The van der Waals surface area contributed by atoms with Crippen molar-refractivity contribution < 1.29 is 0 Å². The van der Waals surface area contributed by atoms with E-state index in [1.165, 1.54) is 6.42 Å². The Morgan fingerprint density at radius 1 is 0.667 bits per heavy atom. The summed E-state index contributed by atoms with van der Waals surface area (Å²) < 4.78 is 0. The van der Waals surface area contributed by atoms with Crippen LogP contribution in [-0.2, 0) is 0 Å². The van der Waals surface area contributed by atoms with Gasteiger partial charge in [0, 0.05) is 0 Å². The molecule has 0 amide bonds. The van der Waals surface area contributed by atoms with Crippen LogP contribution in [0.15, 0.2) is 0 Å². The van der Waals surface area contributed by atoms with E-state index in [0.717, 1.165) is 0 Å². The van der Waals surface area contributed by atoms with Gasteiger partial charge in [-0.25, -0.2) is 0 Å². The fourth-order valence-electron chi connectivity index (χ4n) is 0. The van der Waals surface area contributed by atoms with E-state index < -0.39 is 0 Å². The Morgan fingerprint density at radius 3 is 0.667 bits per heavy atom. The maximum atomic E-state index is 2.12. The maximum Gasteiger partial charge on any atom is -0.0590 e. The monoisotopic (exact) mass is 230 g/mol. The van der Waals surface area contributed by atoms with Gasteiger partial charge in [-0.05, 0) is 0 Å². The normalized spacial score (nSPS) is 2.00. The van der Waals surface area contributed by atoms with Crippen LogP contribution in [0.25, 0.3) is 0 Å². The third-order valence-electron chi connectivity index (χ3n) is 0. The topological polar surface area (TPSA) is 0 Å². The Kier molecular flexibility index (Phi) is 797. The Morgan fingerprint density at radius 2 is 0.667 bits per heavy atom. The Labute approximate surface area is 94.8 Å². The Balaban J connectivity index is -0.00000000133. The van der Waals surface area contributed by atoms with Crippen LogP contribution in [0.4, 0.5) is 0 Å². The van der Waals surface area contributed by atoms with Gasteiger partial charge in [-0.2, -0.15) is 67.5 Å². The molecule has 0 aliphatic carbocycles. The van der Waals surface area contributed by atoms with Crippen molar-refractivity contribution in [1.29, 1.82) is 0 Å². The second-order valence-electron chi connectivity index (χ2n) is 0.707. The van der Waals surface area contributed by atoms with Crippen molar-refractivity contribution in [1.82, 2.24) is 0 Å². The first-order valence-corrected chi connectivity index (χ1v) is 1.41. The lowest BCUT2D eigenvalue weighted by Gasteiger charge is -1.48. The second kappa shape index (κ2) is 98.7. The van der Waals surface area contributed by atoms with E-state index in [4.69, 9.17) is 0 Å². The molecule has 0 nitrogen and oxygen atoms in total. The van der Waals surface area contributed by atoms with E-state index in [1.54, 1.807) is 0 Å². The van der Waals surface area contributed by atoms with Gasteiger partial charge in [0.2, 0.25) is 0 Å². The largest absolute Gasteiger partial charge is 0.197 e. The highest BCUT2D eigenvalue weighted by Crippen LogP contribution is 1.56. The van der Waals surface area contributed by atoms with E-state index >= 15 is 0 Å². The van der Waals surface area contributed by atoms with Crippen LogP contribution < -0.4 is 0 Å². The summed E-state index contributed by atoms with van der Waals surface area (Å²) in [5.41, 5.74) is 0. The van der Waals surface area contributed by atoms with Gasteiger partial charge in [-0.3, -0.25) is 0 Å². The molecule has 0 fully saturated rings. The summed E-state index contributed by atoms with van der Waals surface area (Å²) in [6.45, 7) is 4.25. The molecule has 0 aromatic rings. The van der Waals surface area contributed by atoms with Crippen molar-refractivity contribution in [3.8, 4) is 0 Å². The summed E-state index contributed by atoms with van der Waals surface area (Å²) in [5, 5.41) is 0. The molecule has 68 valence electrons. The molecule has 0 N–H and O–H groups in total. The van der Waals surface area contributed by atoms with E-state index in [9.17, 15) is 0 Å². The van der Waals surface area contributed by atoms with Crippen molar-refractivity contribution in [2.75, 3.05) is 0 Å². The quantitative estimate of drug-likeness (QED) is 0.600. The molecule has 0 aliphatic heterocycles. The fourth-order valence-corrected chi connectivity index (χ4v) is 0. The first-order valence-electron chi connectivity index (χ1n) is 1.41. The first-order chi connectivity index (χ1) is 1.41. The van der Waals surface area contributed by atoms with Crippen molar-refractivity contribution in [2.24, 2.45) is 0 Å². The van der Waals surface area contributed by atoms with Gasteiger partial charge in [0.15, 0.2) is 0 Å². The van der Waals surface area contributed by atoms with Crippen LogP contribution in [0.2, 0.25) is 0 Å². The summed E-state index contributed by atoms with van der Waals surface area (Å²) in [7, 11) is 0. The van der Waals surface area contributed by atoms with Crippen molar-refractivity contribution in [2.45, 2.75) is 27.7 Å². The highest BCUT2D eigenvalue weighted by molar-refractivity contribution is 7.60. The average Bonchev–Trinajstić information content (AvgIpc) is 0.918. The fraction of sp³-hybridized carbons (Fsp3) is 1.00. The van der Waals surface area contributed by atoms with Gasteiger partial charge in [0.1, 0.15) is 0 Å². The second-order valence-corrected chi connectivity index (χ2v) is 0.707. The lowest BCUT2D eigenvalue weighted by atomic mass is 10.6. The zero-order chi connectivity index (χ0) is 2.71. The van der Waals surface area contributed by atoms with Crippen LogP contribution >= 0.6 is 67.5 Å². The predicted molar refractivity (Wildman–Crippen MR) is 74.6 cm³/mol. The van der Waals surface area contributed by atoms with Crippen LogP contribution in [-0.4, -0.2) is 0 Å². The smallest absolute Gasteiger partial charge is 0.0590 e. The van der Waals surface area contributed by atoms with Crippen LogP contribution in [0.1, 0.15) is 27.7 Å². The van der Waals surface area contributed by atoms with Crippen molar-refractivity contribution in [3.63, 3.8) is 0 Å². The molecular weight excluding hydrogens is 208 g/mol. The van der Waals surface area contributed by atoms with Gasteiger partial charge in [-0.1, -0.05) is 27.7 Å². The average molecular weight is 231 g/mol. The summed E-state index contributed by atoms with van der Waals surface area (Å²) >= 11 is 0. The highest BCUT2D eigenvalue weighted by atomic mass is 32.1. The number of hydrogen-bond donors (Lipinski definition) is 0. The molecule has 0 aromatic carbocycles. The zero-order valence-corrected chi connectivity index (χ0v) is 10.2. The molecular formula is C4H22S5. The van der Waals surface area contributed by atoms with Gasteiger partial charge < -0.3 is 0 Å². The molecule has 0 aromatic heterocycles. The standard InChI is InChI=1S/C3H8.CH4.5H2S/c1-3-2;;;;;;/h3H2,1-2H3;1H4;5*1H2. The zero-order valence-electron chi connectivity index (χ0n) is 5.21. The van der Waals surface area contributed by atoms with Gasteiger partial charge in [0.05, 0.1) is 0 Å². The third-order valence-corrected chi connectivity index (χ3v) is 0. The van der Waals surface area contributed by atoms with Crippen LogP contribution in [0.5, 0.6) is 0 Å². The molecule has 0 saturated carbocycles. The number of hydrogen-bond acceptors (Lipinski definition) is 0. The van der Waals surface area contributed by atoms with Crippen LogP contribution in [0.3, 0.4) is 0 Å². The summed E-state index contributed by atoms with van der Waals surface area (Å²) in [4.78, 5) is 0. The van der Waals surface area contributed by atoms with Crippen molar-refractivity contribution >= 4 is 67.5 Å². The Hall–Kier alpha value is 1.75. The third kappa shape index (κ3) is 191. The van der Waals surface area contributed by atoms with E-state index in [-0.39, 0.29) is 74.9 Å². The summed E-state index contributed by atoms with van der Waals surface area (Å²) in [6.07, 6.45) is 1.25. The SMILES string of the molecule is C.CCC.S.S.S.S.S. The molecule has 0 rings (SSSR count). The minimum atomic E-state index is 0. The molecule has 9 heavy (non-hydrogen) atoms. The summed E-state index contributed by atoms with van der Waals surface area (Å²) in [5.74, 6) is 0. The summed E-state index contributed by atoms with van der Waals surface area (Å²) in [6, 6.07) is 0.